The van der Waals surface area contributed by atoms with E-state index >= 15 is 0 Å². The molecule has 0 unspecified atom stereocenters. The molecule has 0 bridgehead atoms. The number of benzene rings is 2. The molecule has 0 saturated heterocycles. The summed E-state index contributed by atoms with van der Waals surface area (Å²) in [7, 11) is 0. The van der Waals surface area contributed by atoms with Crippen LogP contribution in [0.15, 0.2) is 62.6 Å². The fourth-order valence-corrected chi connectivity index (χ4v) is 2.75. The molecule has 0 aliphatic rings. The minimum atomic E-state index is -0.683. The molecular formula is C18H13ClO4S. The van der Waals surface area contributed by atoms with Crippen LogP contribution in [0.2, 0.25) is 5.02 Å². The van der Waals surface area contributed by atoms with Crippen molar-refractivity contribution in [3.05, 3.63) is 75.1 Å². The number of thioether (sulfide) groups is 1. The van der Waals surface area contributed by atoms with Crippen LogP contribution in [0.1, 0.15) is 16.1 Å². The van der Waals surface area contributed by atoms with Gasteiger partial charge in [-0.15, -0.1) is 11.8 Å². The fraction of sp³-hybridized carbons (Fsp3) is 0.111. The van der Waals surface area contributed by atoms with Gasteiger partial charge in [-0.25, -0.2) is 4.79 Å². The highest BCUT2D eigenvalue weighted by atomic mass is 35.5. The molecule has 0 saturated carbocycles. The topological polar surface area (TPSA) is 56.5 Å². The van der Waals surface area contributed by atoms with Crippen LogP contribution in [-0.2, 0) is 11.3 Å². The van der Waals surface area contributed by atoms with E-state index in [1.54, 1.807) is 23.9 Å². The van der Waals surface area contributed by atoms with Crippen molar-refractivity contribution in [2.75, 3.05) is 6.26 Å². The molecule has 122 valence electrons. The summed E-state index contributed by atoms with van der Waals surface area (Å²) in [5.41, 5.74) is 0.814. The van der Waals surface area contributed by atoms with E-state index in [-0.39, 0.29) is 17.8 Å². The lowest BCUT2D eigenvalue weighted by atomic mass is 10.2. The van der Waals surface area contributed by atoms with Crippen LogP contribution in [0.4, 0.5) is 0 Å². The van der Waals surface area contributed by atoms with Gasteiger partial charge in [0.25, 0.3) is 0 Å². The molecule has 0 aliphatic heterocycles. The Hall–Kier alpha value is -2.24. The van der Waals surface area contributed by atoms with Crippen LogP contribution in [-0.4, -0.2) is 12.2 Å². The van der Waals surface area contributed by atoms with Crippen LogP contribution < -0.4 is 5.43 Å². The second-order valence-electron chi connectivity index (χ2n) is 5.04. The third kappa shape index (κ3) is 3.63. The maximum Gasteiger partial charge on any atom is 0.374 e. The molecule has 0 spiro atoms. The van der Waals surface area contributed by atoms with Crippen molar-refractivity contribution in [3.63, 3.8) is 0 Å². The molecule has 1 aromatic heterocycles. The predicted molar refractivity (Wildman–Crippen MR) is 94.8 cm³/mol. The van der Waals surface area contributed by atoms with Gasteiger partial charge in [0, 0.05) is 16.0 Å². The Kier molecular flexibility index (Phi) is 4.92. The van der Waals surface area contributed by atoms with Gasteiger partial charge in [0.2, 0.25) is 5.76 Å². The summed E-state index contributed by atoms with van der Waals surface area (Å²) in [5, 5.41) is 0.755. The summed E-state index contributed by atoms with van der Waals surface area (Å²) in [6, 6.07) is 13.5. The highest BCUT2D eigenvalue weighted by molar-refractivity contribution is 7.98. The molecule has 0 radical (unpaired) electrons. The summed E-state index contributed by atoms with van der Waals surface area (Å²) in [6.45, 7) is 0.107. The van der Waals surface area contributed by atoms with Gasteiger partial charge in [-0.05, 0) is 42.2 Å². The summed E-state index contributed by atoms with van der Waals surface area (Å²) in [6.07, 6.45) is 1.99. The highest BCUT2D eigenvalue weighted by Crippen LogP contribution is 2.19. The van der Waals surface area contributed by atoms with Crippen molar-refractivity contribution in [2.45, 2.75) is 11.5 Å². The highest BCUT2D eigenvalue weighted by Gasteiger charge is 2.14. The molecule has 3 rings (SSSR count). The first-order valence-electron chi connectivity index (χ1n) is 7.10. The van der Waals surface area contributed by atoms with Gasteiger partial charge in [-0.2, -0.15) is 0 Å². The second-order valence-corrected chi connectivity index (χ2v) is 6.36. The van der Waals surface area contributed by atoms with E-state index in [1.165, 1.54) is 6.07 Å². The van der Waals surface area contributed by atoms with E-state index in [0.717, 1.165) is 16.5 Å². The minimum Gasteiger partial charge on any atom is -0.455 e. The number of halogens is 1. The molecule has 1 heterocycles. The first-order chi connectivity index (χ1) is 11.6. The monoisotopic (exact) mass is 360 g/mol. The fourth-order valence-electron chi connectivity index (χ4n) is 2.17. The Labute approximate surface area is 147 Å². The molecular weight excluding hydrogens is 348 g/mol. The third-order valence-corrected chi connectivity index (χ3v) is 4.40. The Morgan fingerprint density at radius 2 is 1.92 bits per heavy atom. The number of fused-ring (bicyclic) bond motifs is 1. The van der Waals surface area contributed by atoms with Gasteiger partial charge < -0.3 is 9.15 Å². The van der Waals surface area contributed by atoms with Crippen molar-refractivity contribution in [3.8, 4) is 0 Å². The molecule has 6 heteroatoms. The van der Waals surface area contributed by atoms with Crippen molar-refractivity contribution in [1.29, 1.82) is 0 Å². The molecule has 0 amide bonds. The molecule has 2 aromatic carbocycles. The lowest BCUT2D eigenvalue weighted by Gasteiger charge is -2.06. The van der Waals surface area contributed by atoms with E-state index < -0.39 is 5.97 Å². The van der Waals surface area contributed by atoms with Gasteiger partial charge in [-0.1, -0.05) is 23.7 Å². The first kappa shape index (κ1) is 16.6. The number of hydrogen-bond donors (Lipinski definition) is 0. The van der Waals surface area contributed by atoms with E-state index in [9.17, 15) is 9.59 Å². The maximum atomic E-state index is 12.1. The molecule has 3 aromatic rings. The quantitative estimate of drug-likeness (QED) is 0.505. The average molecular weight is 361 g/mol. The number of rotatable bonds is 4. The Morgan fingerprint density at radius 3 is 2.62 bits per heavy atom. The molecule has 0 atom stereocenters. The number of hydrogen-bond acceptors (Lipinski definition) is 5. The summed E-state index contributed by atoms with van der Waals surface area (Å²) in [4.78, 5) is 25.3. The Bertz CT molecular complexity index is 947. The molecule has 0 N–H and O–H groups in total. The van der Waals surface area contributed by atoms with Crippen LogP contribution in [0, 0.1) is 0 Å². The van der Waals surface area contributed by atoms with E-state index in [4.69, 9.17) is 20.8 Å². The van der Waals surface area contributed by atoms with Crippen molar-refractivity contribution in [2.24, 2.45) is 0 Å². The van der Waals surface area contributed by atoms with Gasteiger partial charge >= 0.3 is 5.97 Å². The number of esters is 1. The number of ether oxygens (including phenoxy) is 1. The van der Waals surface area contributed by atoms with Crippen molar-refractivity contribution in [1.82, 2.24) is 0 Å². The molecule has 0 aliphatic carbocycles. The van der Waals surface area contributed by atoms with Gasteiger partial charge in [0.05, 0.1) is 5.39 Å². The van der Waals surface area contributed by atoms with E-state index in [2.05, 4.69) is 0 Å². The molecule has 4 nitrogen and oxygen atoms in total. The predicted octanol–water partition coefficient (Wildman–Crippen LogP) is 4.53. The summed E-state index contributed by atoms with van der Waals surface area (Å²) >= 11 is 7.49. The Balaban J connectivity index is 1.78. The zero-order valence-corrected chi connectivity index (χ0v) is 14.3. The second kappa shape index (κ2) is 7.11. The normalized spacial score (nSPS) is 10.8. The van der Waals surface area contributed by atoms with Crippen LogP contribution in [0.25, 0.3) is 11.0 Å². The first-order valence-corrected chi connectivity index (χ1v) is 8.70. The van der Waals surface area contributed by atoms with Crippen LogP contribution >= 0.6 is 23.4 Å². The number of carbonyl (C=O) groups is 1. The van der Waals surface area contributed by atoms with Crippen LogP contribution in [0.3, 0.4) is 0 Å². The average Bonchev–Trinajstić information content (AvgIpc) is 2.60. The molecule has 24 heavy (non-hydrogen) atoms. The standard InChI is InChI=1S/C18H13ClO4S/c1-24-13-5-2-11(3-6-13)10-22-18(21)17-9-15(20)14-8-12(19)4-7-16(14)23-17/h2-9H,10H2,1H3. The van der Waals surface area contributed by atoms with Gasteiger partial charge in [0.1, 0.15) is 12.2 Å². The summed E-state index contributed by atoms with van der Waals surface area (Å²) < 4.78 is 10.7. The van der Waals surface area contributed by atoms with Crippen LogP contribution in [0.5, 0.6) is 0 Å². The van der Waals surface area contributed by atoms with Crippen molar-refractivity contribution >= 4 is 40.3 Å². The van der Waals surface area contributed by atoms with E-state index in [0.29, 0.717) is 16.0 Å². The molecule has 0 fully saturated rings. The third-order valence-electron chi connectivity index (χ3n) is 3.42. The van der Waals surface area contributed by atoms with Gasteiger partial charge in [0.15, 0.2) is 5.43 Å². The lowest BCUT2D eigenvalue weighted by Crippen LogP contribution is -2.10. The number of carbonyl (C=O) groups excluding carboxylic acids is 1. The van der Waals surface area contributed by atoms with Gasteiger partial charge in [-0.3, -0.25) is 4.79 Å². The smallest absolute Gasteiger partial charge is 0.374 e. The van der Waals surface area contributed by atoms with E-state index in [1.807, 2.05) is 30.5 Å². The SMILES string of the molecule is CSc1ccc(COC(=O)c2cc(=O)c3cc(Cl)ccc3o2)cc1. The summed E-state index contributed by atoms with van der Waals surface area (Å²) in [5.74, 6) is -0.812. The Morgan fingerprint density at radius 1 is 1.17 bits per heavy atom. The lowest BCUT2D eigenvalue weighted by molar-refractivity contribution is 0.0436. The largest absolute Gasteiger partial charge is 0.455 e. The zero-order chi connectivity index (χ0) is 17.1. The minimum absolute atomic E-state index is 0.107. The maximum absolute atomic E-state index is 12.1. The zero-order valence-electron chi connectivity index (χ0n) is 12.7. The van der Waals surface area contributed by atoms with Crippen molar-refractivity contribution < 1.29 is 13.9 Å².